The highest BCUT2D eigenvalue weighted by molar-refractivity contribution is 5.92. The lowest BCUT2D eigenvalue weighted by Gasteiger charge is -2.09. The van der Waals surface area contributed by atoms with E-state index >= 15 is 0 Å². The maximum absolute atomic E-state index is 11.9. The standard InChI is InChI=1S/C19H18N4O/c20-19(24)17-9-15(8-13-4-3-7-21-10-13)18-11-22-16-6-2-1-5-14(16)12-23(17)18/h1-7,9-10,22H,8,11-12H2,(H2,20,24). The molecule has 0 radical (unpaired) electrons. The molecule has 0 unspecified atom stereocenters. The maximum Gasteiger partial charge on any atom is 0.265 e. The first-order chi connectivity index (χ1) is 11.7. The van der Waals surface area contributed by atoms with Gasteiger partial charge in [-0.25, -0.2) is 0 Å². The van der Waals surface area contributed by atoms with Crippen molar-refractivity contribution in [2.24, 2.45) is 5.73 Å². The van der Waals surface area contributed by atoms with E-state index in [1.165, 1.54) is 0 Å². The van der Waals surface area contributed by atoms with Crippen molar-refractivity contribution in [1.82, 2.24) is 9.55 Å². The minimum atomic E-state index is -0.395. The topological polar surface area (TPSA) is 72.9 Å². The van der Waals surface area contributed by atoms with E-state index in [0.717, 1.165) is 34.5 Å². The van der Waals surface area contributed by atoms with E-state index < -0.39 is 5.91 Å². The van der Waals surface area contributed by atoms with Gasteiger partial charge in [-0.2, -0.15) is 0 Å². The van der Waals surface area contributed by atoms with Crippen LogP contribution in [0.2, 0.25) is 0 Å². The number of para-hydroxylation sites is 1. The summed E-state index contributed by atoms with van der Waals surface area (Å²) in [7, 11) is 0. The highest BCUT2D eigenvalue weighted by Crippen LogP contribution is 2.27. The number of nitrogens with zero attached hydrogens (tertiary/aromatic N) is 2. The lowest BCUT2D eigenvalue weighted by Crippen LogP contribution is -2.18. The average molecular weight is 318 g/mol. The fraction of sp³-hybridized carbons (Fsp3) is 0.158. The number of hydrogen-bond donors (Lipinski definition) is 2. The molecule has 5 nitrogen and oxygen atoms in total. The average Bonchev–Trinajstić information content (AvgIpc) is 2.81. The zero-order valence-corrected chi connectivity index (χ0v) is 13.2. The molecule has 0 aliphatic carbocycles. The number of hydrogen-bond acceptors (Lipinski definition) is 3. The van der Waals surface area contributed by atoms with Crippen molar-refractivity contribution in [2.75, 3.05) is 5.32 Å². The number of carbonyl (C=O) groups is 1. The largest absolute Gasteiger partial charge is 0.379 e. The third-order valence-electron chi connectivity index (χ3n) is 4.46. The number of amides is 1. The minimum Gasteiger partial charge on any atom is -0.379 e. The normalized spacial score (nSPS) is 12.7. The van der Waals surface area contributed by atoms with Crippen LogP contribution in [0.1, 0.15) is 32.9 Å². The molecular weight excluding hydrogens is 300 g/mol. The fourth-order valence-electron chi connectivity index (χ4n) is 3.29. The predicted octanol–water partition coefficient (Wildman–Crippen LogP) is 2.55. The molecule has 5 heteroatoms. The number of nitrogens with two attached hydrogens (primary N) is 1. The van der Waals surface area contributed by atoms with Gasteiger partial charge in [0.25, 0.3) is 5.91 Å². The Balaban J connectivity index is 1.79. The number of fused-ring (bicyclic) bond motifs is 2. The van der Waals surface area contributed by atoms with Crippen LogP contribution in [0, 0.1) is 0 Å². The second kappa shape index (κ2) is 5.85. The van der Waals surface area contributed by atoms with Gasteiger partial charge in [0, 0.05) is 30.2 Å². The summed E-state index contributed by atoms with van der Waals surface area (Å²) in [5, 5.41) is 3.47. The van der Waals surface area contributed by atoms with Gasteiger partial charge in [0.2, 0.25) is 0 Å². The molecule has 1 aliphatic heterocycles. The van der Waals surface area contributed by atoms with Crippen molar-refractivity contribution in [3.63, 3.8) is 0 Å². The highest BCUT2D eigenvalue weighted by Gasteiger charge is 2.21. The third kappa shape index (κ3) is 2.54. The molecule has 3 aromatic rings. The van der Waals surface area contributed by atoms with Gasteiger partial charge in [-0.1, -0.05) is 24.3 Å². The van der Waals surface area contributed by atoms with E-state index in [9.17, 15) is 4.79 Å². The van der Waals surface area contributed by atoms with Crippen molar-refractivity contribution in [3.05, 3.63) is 82.9 Å². The van der Waals surface area contributed by atoms with Crippen LogP contribution in [0.15, 0.2) is 54.9 Å². The molecule has 0 atom stereocenters. The molecule has 3 heterocycles. The molecule has 1 aromatic carbocycles. The van der Waals surface area contributed by atoms with E-state index in [1.807, 2.05) is 41.1 Å². The number of carbonyl (C=O) groups excluding carboxylic acids is 1. The second-order valence-electron chi connectivity index (χ2n) is 6.00. The van der Waals surface area contributed by atoms with Crippen molar-refractivity contribution in [3.8, 4) is 0 Å². The first-order valence-corrected chi connectivity index (χ1v) is 7.94. The molecule has 0 bridgehead atoms. The summed E-state index contributed by atoms with van der Waals surface area (Å²) in [6.07, 6.45) is 4.35. The maximum atomic E-state index is 11.9. The molecule has 24 heavy (non-hydrogen) atoms. The summed E-state index contributed by atoms with van der Waals surface area (Å²) in [6, 6.07) is 14.0. The van der Waals surface area contributed by atoms with E-state index in [4.69, 9.17) is 5.73 Å². The molecule has 120 valence electrons. The van der Waals surface area contributed by atoms with E-state index in [1.54, 1.807) is 6.20 Å². The smallest absolute Gasteiger partial charge is 0.265 e. The van der Waals surface area contributed by atoms with Gasteiger partial charge in [-0.3, -0.25) is 9.78 Å². The van der Waals surface area contributed by atoms with Gasteiger partial charge in [-0.05, 0) is 34.9 Å². The minimum absolute atomic E-state index is 0.395. The number of primary amides is 1. The number of anilines is 1. The van der Waals surface area contributed by atoms with Gasteiger partial charge in [0.05, 0.1) is 13.1 Å². The number of benzene rings is 1. The van der Waals surface area contributed by atoms with Crippen LogP contribution >= 0.6 is 0 Å². The van der Waals surface area contributed by atoms with E-state index in [-0.39, 0.29) is 0 Å². The summed E-state index contributed by atoms with van der Waals surface area (Å²) in [5.41, 5.74) is 11.8. The molecule has 0 saturated heterocycles. The summed E-state index contributed by atoms with van der Waals surface area (Å²) >= 11 is 0. The van der Waals surface area contributed by atoms with Gasteiger partial charge < -0.3 is 15.6 Å². The molecule has 4 rings (SSSR count). The Kier molecular flexibility index (Phi) is 3.54. The van der Waals surface area contributed by atoms with Crippen LogP contribution in [0.25, 0.3) is 0 Å². The fourth-order valence-corrected chi connectivity index (χ4v) is 3.29. The number of aromatic nitrogens is 2. The second-order valence-corrected chi connectivity index (χ2v) is 6.00. The third-order valence-corrected chi connectivity index (χ3v) is 4.46. The van der Waals surface area contributed by atoms with Crippen LogP contribution in [-0.4, -0.2) is 15.5 Å². The summed E-state index contributed by atoms with van der Waals surface area (Å²) in [4.78, 5) is 16.1. The summed E-state index contributed by atoms with van der Waals surface area (Å²) in [5.74, 6) is -0.395. The lowest BCUT2D eigenvalue weighted by atomic mass is 10.1. The molecule has 0 saturated carbocycles. The predicted molar refractivity (Wildman–Crippen MR) is 92.9 cm³/mol. The van der Waals surface area contributed by atoms with Crippen LogP contribution in [0.5, 0.6) is 0 Å². The Hall–Kier alpha value is -3.08. The summed E-state index contributed by atoms with van der Waals surface area (Å²) in [6.45, 7) is 1.31. The lowest BCUT2D eigenvalue weighted by molar-refractivity contribution is 0.0991. The Labute approximate surface area is 140 Å². The van der Waals surface area contributed by atoms with Gasteiger partial charge in [-0.15, -0.1) is 0 Å². The van der Waals surface area contributed by atoms with Gasteiger partial charge in [0.1, 0.15) is 5.69 Å². The highest BCUT2D eigenvalue weighted by atomic mass is 16.1. The van der Waals surface area contributed by atoms with Crippen molar-refractivity contribution >= 4 is 11.6 Å². The Morgan fingerprint density at radius 2 is 2.12 bits per heavy atom. The molecular formula is C19H18N4O. The van der Waals surface area contributed by atoms with Gasteiger partial charge in [0.15, 0.2) is 0 Å². The van der Waals surface area contributed by atoms with E-state index in [0.29, 0.717) is 18.8 Å². The van der Waals surface area contributed by atoms with Crippen LogP contribution < -0.4 is 11.1 Å². The zero-order valence-electron chi connectivity index (χ0n) is 13.2. The molecule has 3 N–H and O–H groups in total. The Morgan fingerprint density at radius 1 is 1.25 bits per heavy atom. The first kappa shape index (κ1) is 14.5. The van der Waals surface area contributed by atoms with Crippen molar-refractivity contribution in [1.29, 1.82) is 0 Å². The first-order valence-electron chi connectivity index (χ1n) is 7.94. The Morgan fingerprint density at radius 3 is 2.92 bits per heavy atom. The molecule has 2 aromatic heterocycles. The summed E-state index contributed by atoms with van der Waals surface area (Å²) < 4.78 is 2.03. The Bertz CT molecular complexity index is 899. The van der Waals surface area contributed by atoms with Gasteiger partial charge >= 0.3 is 0 Å². The van der Waals surface area contributed by atoms with Crippen molar-refractivity contribution < 1.29 is 4.79 Å². The SMILES string of the molecule is NC(=O)c1cc(Cc2cccnc2)c2n1Cc1ccccc1NC2. The number of pyridine rings is 1. The van der Waals surface area contributed by atoms with Crippen LogP contribution in [0.4, 0.5) is 5.69 Å². The zero-order chi connectivity index (χ0) is 16.5. The quantitative estimate of drug-likeness (QED) is 0.779. The number of rotatable bonds is 3. The molecule has 1 amide bonds. The van der Waals surface area contributed by atoms with Crippen LogP contribution in [-0.2, 0) is 19.5 Å². The van der Waals surface area contributed by atoms with E-state index in [2.05, 4.69) is 22.4 Å². The monoisotopic (exact) mass is 318 g/mol. The molecule has 0 fully saturated rings. The molecule has 1 aliphatic rings. The van der Waals surface area contributed by atoms with Crippen LogP contribution in [0.3, 0.4) is 0 Å². The molecule has 0 spiro atoms. The number of nitrogens with one attached hydrogen (secondary N) is 1. The van der Waals surface area contributed by atoms with Crippen molar-refractivity contribution in [2.45, 2.75) is 19.5 Å².